The number of rotatable bonds is 5. The smallest absolute Gasteiger partial charge is 0.163 e. The van der Waals surface area contributed by atoms with Crippen molar-refractivity contribution in [1.29, 1.82) is 0 Å². The first kappa shape index (κ1) is 13.8. The fourth-order valence-corrected chi connectivity index (χ4v) is 2.02. The van der Waals surface area contributed by atoms with E-state index in [2.05, 4.69) is 5.32 Å². The van der Waals surface area contributed by atoms with E-state index in [0.29, 0.717) is 49.8 Å². The van der Waals surface area contributed by atoms with E-state index in [0.717, 1.165) is 5.69 Å². The van der Waals surface area contributed by atoms with Crippen molar-refractivity contribution in [3.05, 3.63) is 12.1 Å². The third-order valence-corrected chi connectivity index (χ3v) is 3.64. The highest BCUT2D eigenvalue weighted by Crippen LogP contribution is 2.37. The first-order chi connectivity index (χ1) is 9.08. The number of nitrogens with two attached hydrogens (primary N) is 1. The van der Waals surface area contributed by atoms with Gasteiger partial charge in [0.05, 0.1) is 17.0 Å². The van der Waals surface area contributed by atoms with Gasteiger partial charge in [0.1, 0.15) is 13.2 Å². The molecule has 0 saturated heterocycles. The SMILES string of the molecule is CCC(O)(CC)CNc1cc2c(cc1N)OCCO2. The predicted molar refractivity (Wildman–Crippen MR) is 75.9 cm³/mol. The Morgan fingerprint density at radius 2 is 1.79 bits per heavy atom. The second-order valence-electron chi connectivity index (χ2n) is 4.87. The molecule has 0 spiro atoms. The Balaban J connectivity index is 2.12. The molecular weight excluding hydrogens is 244 g/mol. The molecular formula is C14H22N2O3. The largest absolute Gasteiger partial charge is 0.486 e. The molecule has 0 aliphatic carbocycles. The van der Waals surface area contributed by atoms with E-state index in [1.165, 1.54) is 0 Å². The van der Waals surface area contributed by atoms with Crippen LogP contribution in [0.15, 0.2) is 12.1 Å². The predicted octanol–water partition coefficient (Wildman–Crippen LogP) is 2.00. The minimum atomic E-state index is -0.709. The average Bonchev–Trinajstić information content (AvgIpc) is 2.44. The van der Waals surface area contributed by atoms with Gasteiger partial charge in [-0.3, -0.25) is 0 Å². The Bertz CT molecular complexity index is 445. The first-order valence-corrected chi connectivity index (χ1v) is 6.73. The lowest BCUT2D eigenvalue weighted by Gasteiger charge is -2.27. The van der Waals surface area contributed by atoms with Gasteiger partial charge in [-0.25, -0.2) is 0 Å². The summed E-state index contributed by atoms with van der Waals surface area (Å²) < 4.78 is 11.0. The van der Waals surface area contributed by atoms with Crippen LogP contribution in [0.5, 0.6) is 11.5 Å². The molecule has 0 atom stereocenters. The van der Waals surface area contributed by atoms with Gasteiger partial charge in [-0.15, -0.1) is 0 Å². The summed E-state index contributed by atoms with van der Waals surface area (Å²) in [5.41, 5.74) is 6.63. The molecule has 0 unspecified atom stereocenters. The van der Waals surface area contributed by atoms with E-state index >= 15 is 0 Å². The number of nitrogens with one attached hydrogen (secondary N) is 1. The normalized spacial score (nSPS) is 14.3. The number of benzene rings is 1. The van der Waals surface area contributed by atoms with Crippen LogP contribution in [-0.2, 0) is 0 Å². The molecule has 4 N–H and O–H groups in total. The van der Waals surface area contributed by atoms with Gasteiger partial charge in [0.15, 0.2) is 11.5 Å². The third kappa shape index (κ3) is 3.04. The number of fused-ring (bicyclic) bond motifs is 1. The number of nitrogen functional groups attached to an aromatic ring is 1. The zero-order valence-corrected chi connectivity index (χ0v) is 11.5. The average molecular weight is 266 g/mol. The second-order valence-corrected chi connectivity index (χ2v) is 4.87. The summed E-state index contributed by atoms with van der Waals surface area (Å²) in [5.74, 6) is 1.37. The Morgan fingerprint density at radius 1 is 1.21 bits per heavy atom. The van der Waals surface area contributed by atoms with E-state index < -0.39 is 5.60 Å². The number of anilines is 2. The van der Waals surface area contributed by atoms with Crippen LogP contribution in [0.1, 0.15) is 26.7 Å². The van der Waals surface area contributed by atoms with Crippen LogP contribution in [0.3, 0.4) is 0 Å². The van der Waals surface area contributed by atoms with E-state index in [1.54, 1.807) is 6.07 Å². The number of hydrogen-bond acceptors (Lipinski definition) is 5. The summed E-state index contributed by atoms with van der Waals surface area (Å²) in [5, 5.41) is 13.5. The fourth-order valence-electron chi connectivity index (χ4n) is 2.02. The molecule has 2 rings (SSSR count). The maximum absolute atomic E-state index is 10.3. The van der Waals surface area contributed by atoms with Crippen LogP contribution in [0, 0.1) is 0 Å². The summed E-state index contributed by atoms with van der Waals surface area (Å²) in [6.45, 7) is 5.50. The Labute approximate surface area is 113 Å². The van der Waals surface area contributed by atoms with Crippen molar-refractivity contribution in [3.8, 4) is 11.5 Å². The van der Waals surface area contributed by atoms with Crippen molar-refractivity contribution in [3.63, 3.8) is 0 Å². The van der Waals surface area contributed by atoms with E-state index in [9.17, 15) is 5.11 Å². The molecule has 0 radical (unpaired) electrons. The molecule has 106 valence electrons. The summed E-state index contributed by atoms with van der Waals surface area (Å²) >= 11 is 0. The number of hydrogen-bond donors (Lipinski definition) is 3. The Kier molecular flexibility index (Phi) is 4.04. The van der Waals surface area contributed by atoms with Gasteiger partial charge in [0, 0.05) is 18.7 Å². The summed E-state index contributed by atoms with van der Waals surface area (Å²) in [4.78, 5) is 0. The second kappa shape index (κ2) is 5.57. The molecule has 1 aromatic rings. The van der Waals surface area contributed by atoms with Crippen molar-refractivity contribution in [2.75, 3.05) is 30.8 Å². The van der Waals surface area contributed by atoms with Crippen LogP contribution < -0.4 is 20.5 Å². The highest BCUT2D eigenvalue weighted by molar-refractivity contribution is 5.72. The Morgan fingerprint density at radius 3 is 2.37 bits per heavy atom. The van der Waals surface area contributed by atoms with Crippen LogP contribution in [0.4, 0.5) is 11.4 Å². The standard InChI is InChI=1S/C14H22N2O3/c1-3-14(17,4-2)9-16-11-8-13-12(7-10(11)15)18-5-6-19-13/h7-8,16-17H,3-6,9,15H2,1-2H3. The minimum Gasteiger partial charge on any atom is -0.486 e. The lowest BCUT2D eigenvalue weighted by molar-refractivity contribution is 0.0457. The highest BCUT2D eigenvalue weighted by Gasteiger charge is 2.22. The van der Waals surface area contributed by atoms with E-state index in [4.69, 9.17) is 15.2 Å². The lowest BCUT2D eigenvalue weighted by atomic mass is 9.97. The molecule has 1 aliphatic heterocycles. The first-order valence-electron chi connectivity index (χ1n) is 6.73. The Hall–Kier alpha value is -1.62. The monoisotopic (exact) mass is 266 g/mol. The fraction of sp³-hybridized carbons (Fsp3) is 0.571. The molecule has 0 fully saturated rings. The molecule has 5 heteroatoms. The quantitative estimate of drug-likeness (QED) is 0.711. The van der Waals surface area contributed by atoms with Gasteiger partial charge in [0.2, 0.25) is 0 Å². The van der Waals surface area contributed by atoms with Gasteiger partial charge in [-0.2, -0.15) is 0 Å². The van der Waals surface area contributed by atoms with Gasteiger partial charge >= 0.3 is 0 Å². The van der Waals surface area contributed by atoms with Gasteiger partial charge in [0.25, 0.3) is 0 Å². The third-order valence-electron chi connectivity index (χ3n) is 3.64. The molecule has 0 aromatic heterocycles. The van der Waals surface area contributed by atoms with Gasteiger partial charge in [-0.1, -0.05) is 13.8 Å². The van der Waals surface area contributed by atoms with Crippen LogP contribution in [0.25, 0.3) is 0 Å². The van der Waals surface area contributed by atoms with Crippen LogP contribution >= 0.6 is 0 Å². The molecule has 19 heavy (non-hydrogen) atoms. The van der Waals surface area contributed by atoms with Crippen molar-refractivity contribution in [2.45, 2.75) is 32.3 Å². The molecule has 5 nitrogen and oxygen atoms in total. The van der Waals surface area contributed by atoms with Crippen molar-refractivity contribution < 1.29 is 14.6 Å². The number of aliphatic hydroxyl groups is 1. The number of ether oxygens (including phenoxy) is 2. The van der Waals surface area contributed by atoms with Crippen molar-refractivity contribution in [1.82, 2.24) is 0 Å². The van der Waals surface area contributed by atoms with E-state index in [1.807, 2.05) is 19.9 Å². The summed E-state index contributed by atoms with van der Waals surface area (Å²) in [7, 11) is 0. The minimum absolute atomic E-state index is 0.462. The lowest BCUT2D eigenvalue weighted by Crippen LogP contribution is -2.35. The molecule has 1 aromatic carbocycles. The molecule has 1 aliphatic rings. The highest BCUT2D eigenvalue weighted by atomic mass is 16.6. The molecule has 0 bridgehead atoms. The maximum atomic E-state index is 10.3. The zero-order chi connectivity index (χ0) is 13.9. The maximum Gasteiger partial charge on any atom is 0.163 e. The van der Waals surface area contributed by atoms with Crippen LogP contribution in [0.2, 0.25) is 0 Å². The summed E-state index contributed by atoms with van der Waals surface area (Å²) in [6.07, 6.45) is 1.39. The molecule has 0 saturated carbocycles. The zero-order valence-electron chi connectivity index (χ0n) is 11.5. The topological polar surface area (TPSA) is 76.7 Å². The molecule has 1 heterocycles. The molecule has 0 amide bonds. The van der Waals surface area contributed by atoms with E-state index in [-0.39, 0.29) is 0 Å². The van der Waals surface area contributed by atoms with Gasteiger partial charge < -0.3 is 25.6 Å². The van der Waals surface area contributed by atoms with Crippen molar-refractivity contribution in [2.24, 2.45) is 0 Å². The van der Waals surface area contributed by atoms with Crippen molar-refractivity contribution >= 4 is 11.4 Å². The van der Waals surface area contributed by atoms with Gasteiger partial charge in [-0.05, 0) is 12.8 Å². The van der Waals surface area contributed by atoms with Crippen LogP contribution in [-0.4, -0.2) is 30.5 Å². The summed E-state index contributed by atoms with van der Waals surface area (Å²) in [6, 6.07) is 3.59.